The van der Waals surface area contributed by atoms with Crippen molar-refractivity contribution in [3.63, 3.8) is 0 Å². The zero-order valence-electron chi connectivity index (χ0n) is 12.6. The maximum absolute atomic E-state index is 4.59. The Labute approximate surface area is 117 Å². The van der Waals surface area contributed by atoms with Gasteiger partial charge in [-0.2, -0.15) is 0 Å². The van der Waals surface area contributed by atoms with Gasteiger partial charge in [0.2, 0.25) is 0 Å². The molecule has 0 spiro atoms. The highest BCUT2D eigenvalue weighted by Gasteiger charge is 2.17. The highest BCUT2D eigenvalue weighted by atomic mass is 15.0. The average molecular weight is 261 g/mol. The second kappa shape index (κ2) is 6.47. The lowest BCUT2D eigenvalue weighted by atomic mass is 9.99. The molecule has 0 unspecified atom stereocenters. The number of rotatable bonds is 3. The quantitative estimate of drug-likeness (QED) is 0.841. The van der Waals surface area contributed by atoms with E-state index in [4.69, 9.17) is 0 Å². The minimum atomic E-state index is 0.139. The maximum Gasteiger partial charge on any atom is 0.131 e. The van der Waals surface area contributed by atoms with Crippen molar-refractivity contribution in [1.29, 1.82) is 0 Å². The van der Waals surface area contributed by atoms with Gasteiger partial charge in [0, 0.05) is 36.0 Å². The first-order valence-electron chi connectivity index (χ1n) is 7.60. The highest BCUT2D eigenvalue weighted by molar-refractivity contribution is 5.08. The molecule has 1 heterocycles. The lowest BCUT2D eigenvalue weighted by molar-refractivity contribution is 0.423. The summed E-state index contributed by atoms with van der Waals surface area (Å²) in [6.07, 6.45) is 11.9. The summed E-state index contributed by atoms with van der Waals surface area (Å²) in [6.45, 7) is 7.36. The zero-order chi connectivity index (χ0) is 13.7. The van der Waals surface area contributed by atoms with Gasteiger partial charge in [0.1, 0.15) is 5.82 Å². The van der Waals surface area contributed by atoms with Crippen LogP contribution in [0.3, 0.4) is 0 Å². The van der Waals surface area contributed by atoms with Crippen molar-refractivity contribution in [3.8, 4) is 0 Å². The Morgan fingerprint density at radius 3 is 2.16 bits per heavy atom. The molecule has 1 N–H and O–H groups in total. The summed E-state index contributed by atoms with van der Waals surface area (Å²) in [5.74, 6) is 1.65. The van der Waals surface area contributed by atoms with E-state index in [-0.39, 0.29) is 5.54 Å². The van der Waals surface area contributed by atoms with E-state index < -0.39 is 0 Å². The van der Waals surface area contributed by atoms with E-state index in [0.717, 1.165) is 12.4 Å². The van der Waals surface area contributed by atoms with Gasteiger partial charge in [0.05, 0.1) is 0 Å². The van der Waals surface area contributed by atoms with Gasteiger partial charge < -0.3 is 5.32 Å². The Morgan fingerprint density at radius 1 is 1.05 bits per heavy atom. The molecule has 0 bridgehead atoms. The molecule has 1 fully saturated rings. The molecule has 3 nitrogen and oxygen atoms in total. The van der Waals surface area contributed by atoms with Crippen molar-refractivity contribution in [2.24, 2.45) is 0 Å². The van der Waals surface area contributed by atoms with E-state index in [2.05, 4.69) is 36.1 Å². The average Bonchev–Trinajstić information content (AvgIpc) is 2.65. The molecule has 2 rings (SSSR count). The van der Waals surface area contributed by atoms with Crippen LogP contribution in [0.1, 0.15) is 76.6 Å². The fraction of sp³-hybridized carbons (Fsp3) is 0.750. The van der Waals surface area contributed by atoms with Crippen LogP contribution in [-0.4, -0.2) is 15.5 Å². The largest absolute Gasteiger partial charge is 0.308 e. The van der Waals surface area contributed by atoms with Gasteiger partial charge in [0.15, 0.2) is 0 Å². The summed E-state index contributed by atoms with van der Waals surface area (Å²) < 4.78 is 0. The predicted octanol–water partition coefficient (Wildman–Crippen LogP) is 3.80. The number of hydrogen-bond donors (Lipinski definition) is 1. The van der Waals surface area contributed by atoms with Gasteiger partial charge >= 0.3 is 0 Å². The second-order valence-corrected chi connectivity index (χ2v) is 6.74. The summed E-state index contributed by atoms with van der Waals surface area (Å²) in [5, 5.41) is 3.47. The summed E-state index contributed by atoms with van der Waals surface area (Å²) >= 11 is 0. The van der Waals surface area contributed by atoms with E-state index in [9.17, 15) is 0 Å². The summed E-state index contributed by atoms with van der Waals surface area (Å²) in [4.78, 5) is 9.19. The third-order valence-corrected chi connectivity index (χ3v) is 3.77. The molecular weight excluding hydrogens is 234 g/mol. The van der Waals surface area contributed by atoms with Crippen LogP contribution in [0.5, 0.6) is 0 Å². The fourth-order valence-corrected chi connectivity index (χ4v) is 2.57. The molecular formula is C16H27N3. The molecule has 19 heavy (non-hydrogen) atoms. The van der Waals surface area contributed by atoms with Crippen LogP contribution in [0, 0.1) is 0 Å². The third-order valence-electron chi connectivity index (χ3n) is 3.77. The van der Waals surface area contributed by atoms with Crippen LogP contribution in [0.4, 0.5) is 0 Å². The van der Waals surface area contributed by atoms with Gasteiger partial charge in [0.25, 0.3) is 0 Å². The first kappa shape index (κ1) is 14.4. The first-order valence-corrected chi connectivity index (χ1v) is 7.60. The Hall–Kier alpha value is -0.960. The third kappa shape index (κ3) is 4.90. The summed E-state index contributed by atoms with van der Waals surface area (Å²) in [7, 11) is 0. The Kier molecular flexibility index (Phi) is 4.92. The van der Waals surface area contributed by atoms with Crippen LogP contribution < -0.4 is 5.32 Å². The summed E-state index contributed by atoms with van der Waals surface area (Å²) in [6, 6.07) is 0. The topological polar surface area (TPSA) is 37.8 Å². The number of hydrogen-bond acceptors (Lipinski definition) is 3. The van der Waals surface area contributed by atoms with Crippen molar-refractivity contribution >= 4 is 0 Å². The van der Waals surface area contributed by atoms with Crippen LogP contribution in [0.2, 0.25) is 0 Å². The van der Waals surface area contributed by atoms with Crippen LogP contribution in [0.25, 0.3) is 0 Å². The van der Waals surface area contributed by atoms with Crippen molar-refractivity contribution in [3.05, 3.63) is 23.8 Å². The molecule has 1 aromatic rings. The van der Waals surface area contributed by atoms with Crippen LogP contribution >= 0.6 is 0 Å². The van der Waals surface area contributed by atoms with E-state index in [1.165, 1.54) is 44.1 Å². The molecule has 0 aromatic carbocycles. The van der Waals surface area contributed by atoms with Gasteiger partial charge in [-0.05, 0) is 33.6 Å². The van der Waals surface area contributed by atoms with Crippen molar-refractivity contribution in [2.45, 2.75) is 77.3 Å². The van der Waals surface area contributed by atoms with E-state index in [1.54, 1.807) is 0 Å². The lowest BCUT2D eigenvalue weighted by Gasteiger charge is -2.20. The van der Waals surface area contributed by atoms with Gasteiger partial charge in [-0.1, -0.05) is 25.7 Å². The molecule has 0 saturated heterocycles. The Bertz CT molecular complexity index is 370. The molecule has 0 radical (unpaired) electrons. The minimum absolute atomic E-state index is 0.139. The molecule has 0 amide bonds. The Balaban J connectivity index is 1.93. The number of aromatic nitrogens is 2. The highest BCUT2D eigenvalue weighted by Crippen LogP contribution is 2.29. The van der Waals surface area contributed by atoms with E-state index in [1.807, 2.05) is 12.4 Å². The summed E-state index contributed by atoms with van der Waals surface area (Å²) in [5.41, 5.74) is 1.31. The maximum atomic E-state index is 4.59. The number of nitrogens with zero attached hydrogens (tertiary/aromatic N) is 2. The molecule has 0 atom stereocenters. The Morgan fingerprint density at radius 2 is 1.63 bits per heavy atom. The lowest BCUT2D eigenvalue weighted by Crippen LogP contribution is -2.35. The standard InChI is InChI=1S/C16H27N3/c1-16(2,3)19-12-13-10-17-15(18-11-13)14-8-6-4-5-7-9-14/h10-11,14,19H,4-9,12H2,1-3H3. The molecule has 0 aliphatic heterocycles. The smallest absolute Gasteiger partial charge is 0.131 e. The molecule has 106 valence electrons. The second-order valence-electron chi connectivity index (χ2n) is 6.74. The SMILES string of the molecule is CC(C)(C)NCc1cnc(C2CCCCCC2)nc1. The van der Waals surface area contributed by atoms with E-state index >= 15 is 0 Å². The molecule has 1 aliphatic rings. The molecule has 1 saturated carbocycles. The van der Waals surface area contributed by atoms with Crippen LogP contribution in [-0.2, 0) is 6.54 Å². The fourth-order valence-electron chi connectivity index (χ4n) is 2.57. The zero-order valence-corrected chi connectivity index (χ0v) is 12.6. The normalized spacial score (nSPS) is 18.3. The monoisotopic (exact) mass is 261 g/mol. The minimum Gasteiger partial charge on any atom is -0.308 e. The van der Waals surface area contributed by atoms with Crippen molar-refractivity contribution in [1.82, 2.24) is 15.3 Å². The molecule has 1 aromatic heterocycles. The molecule has 1 aliphatic carbocycles. The van der Waals surface area contributed by atoms with E-state index in [0.29, 0.717) is 5.92 Å². The number of nitrogens with one attached hydrogen (secondary N) is 1. The van der Waals surface area contributed by atoms with Crippen molar-refractivity contribution in [2.75, 3.05) is 0 Å². The van der Waals surface area contributed by atoms with Gasteiger partial charge in [-0.15, -0.1) is 0 Å². The molecule has 3 heteroatoms. The first-order chi connectivity index (χ1) is 9.04. The van der Waals surface area contributed by atoms with Crippen LogP contribution in [0.15, 0.2) is 12.4 Å². The van der Waals surface area contributed by atoms with Crippen molar-refractivity contribution < 1.29 is 0 Å². The van der Waals surface area contributed by atoms with Gasteiger partial charge in [-0.3, -0.25) is 0 Å². The van der Waals surface area contributed by atoms with Gasteiger partial charge in [-0.25, -0.2) is 9.97 Å². The predicted molar refractivity (Wildman–Crippen MR) is 79.1 cm³/mol.